The third-order valence-corrected chi connectivity index (χ3v) is 4.53. The van der Waals surface area contributed by atoms with Crippen molar-refractivity contribution >= 4 is 28.7 Å². The van der Waals surface area contributed by atoms with Gasteiger partial charge in [0.1, 0.15) is 0 Å². The summed E-state index contributed by atoms with van der Waals surface area (Å²) in [6.07, 6.45) is 0.917. The van der Waals surface area contributed by atoms with Crippen LogP contribution in [0.1, 0.15) is 6.42 Å². The van der Waals surface area contributed by atoms with Gasteiger partial charge in [0.15, 0.2) is 0 Å². The first kappa shape index (κ1) is 23.2. The van der Waals surface area contributed by atoms with Crippen LogP contribution in [0.15, 0.2) is 42.5 Å². The third-order valence-electron chi connectivity index (χ3n) is 4.53. The van der Waals surface area contributed by atoms with Crippen molar-refractivity contribution in [2.24, 2.45) is 0 Å². The Labute approximate surface area is 175 Å². The molecule has 31 heavy (non-hydrogen) atoms. The number of benzene rings is 2. The molecular weight excluding hydrogens is 414 g/mol. The zero-order chi connectivity index (χ0) is 23.3. The van der Waals surface area contributed by atoms with Gasteiger partial charge in [-0.2, -0.15) is 0 Å². The SMILES string of the molecule is CN(C)C1CCN(c2ccccc2)C1=O.O=[N+]([O-])c1cc([N+](=O)[O-])c(O)c([N+](=O)[O-])c1. The van der Waals surface area contributed by atoms with E-state index in [1.807, 2.05) is 54.2 Å². The van der Waals surface area contributed by atoms with Gasteiger partial charge in [0.05, 0.1) is 32.9 Å². The smallest absolute Gasteiger partial charge is 0.324 e. The third kappa shape index (κ3) is 5.27. The van der Waals surface area contributed by atoms with E-state index < -0.39 is 37.6 Å². The van der Waals surface area contributed by atoms with Crippen LogP contribution in [0, 0.1) is 30.3 Å². The Hall–Kier alpha value is -4.13. The summed E-state index contributed by atoms with van der Waals surface area (Å²) >= 11 is 0. The minimum atomic E-state index is -1.21. The zero-order valence-electron chi connectivity index (χ0n) is 16.6. The van der Waals surface area contributed by atoms with Crippen molar-refractivity contribution in [3.8, 4) is 5.75 Å². The quantitative estimate of drug-likeness (QED) is 0.548. The maximum absolute atomic E-state index is 12.0. The first-order valence-corrected chi connectivity index (χ1v) is 8.87. The van der Waals surface area contributed by atoms with Crippen LogP contribution < -0.4 is 4.90 Å². The van der Waals surface area contributed by atoms with Gasteiger partial charge >= 0.3 is 11.4 Å². The Morgan fingerprint density at radius 3 is 1.87 bits per heavy atom. The summed E-state index contributed by atoms with van der Waals surface area (Å²) in [6.45, 7) is 0.825. The molecule has 1 saturated heterocycles. The van der Waals surface area contributed by atoms with Crippen molar-refractivity contribution in [2.45, 2.75) is 12.5 Å². The number of phenols is 1. The molecule has 164 valence electrons. The van der Waals surface area contributed by atoms with Gasteiger partial charge in [-0.1, -0.05) is 18.2 Å². The largest absolute Gasteiger partial charge is 0.497 e. The highest BCUT2D eigenvalue weighted by atomic mass is 16.6. The molecule has 13 heteroatoms. The van der Waals surface area contributed by atoms with E-state index in [0.717, 1.165) is 18.7 Å². The number of aromatic hydroxyl groups is 1. The van der Waals surface area contributed by atoms with Crippen LogP contribution in [-0.2, 0) is 4.79 Å². The summed E-state index contributed by atoms with van der Waals surface area (Å²) in [5, 5.41) is 40.2. The highest BCUT2D eigenvalue weighted by molar-refractivity contribution is 5.99. The highest BCUT2D eigenvalue weighted by Crippen LogP contribution is 2.38. The molecule has 2 aromatic carbocycles. The second-order valence-corrected chi connectivity index (χ2v) is 6.70. The Morgan fingerprint density at radius 2 is 1.48 bits per heavy atom. The lowest BCUT2D eigenvalue weighted by Gasteiger charge is -2.19. The number of nitro groups is 3. The molecule has 0 bridgehead atoms. The summed E-state index contributed by atoms with van der Waals surface area (Å²) in [5.74, 6) is -0.994. The normalized spacial score (nSPS) is 15.4. The molecule has 2 aromatic rings. The van der Waals surface area contributed by atoms with Gasteiger partial charge in [0, 0.05) is 12.2 Å². The minimum absolute atomic E-state index is 0.0465. The minimum Gasteiger partial charge on any atom is -0.497 e. The number of non-ortho nitro benzene ring substituents is 1. The van der Waals surface area contributed by atoms with E-state index in [9.17, 15) is 35.1 Å². The topological polar surface area (TPSA) is 173 Å². The van der Waals surface area contributed by atoms with Crippen LogP contribution >= 0.6 is 0 Å². The number of para-hydroxylation sites is 1. The maximum atomic E-state index is 12.0. The van der Waals surface area contributed by atoms with Crippen molar-refractivity contribution in [1.82, 2.24) is 4.90 Å². The number of nitrogens with zero attached hydrogens (tertiary/aromatic N) is 5. The first-order chi connectivity index (χ1) is 14.5. The molecule has 1 amide bonds. The number of anilines is 1. The van der Waals surface area contributed by atoms with Crippen LogP contribution in [0.4, 0.5) is 22.7 Å². The fourth-order valence-electron chi connectivity index (χ4n) is 2.98. The van der Waals surface area contributed by atoms with Gasteiger partial charge in [0.2, 0.25) is 5.91 Å². The molecule has 1 aliphatic rings. The van der Waals surface area contributed by atoms with Crippen LogP contribution in [0.2, 0.25) is 0 Å². The van der Waals surface area contributed by atoms with Gasteiger partial charge in [-0.3, -0.25) is 40.0 Å². The monoisotopic (exact) mass is 433 g/mol. The molecule has 0 aliphatic carbocycles. The molecule has 1 aliphatic heterocycles. The molecular formula is C18H19N5O8. The molecule has 0 radical (unpaired) electrons. The predicted molar refractivity (Wildman–Crippen MR) is 109 cm³/mol. The standard InChI is InChI=1S/C12H16N2O.C6H3N3O7/c1-13(2)11-8-9-14(12(11)15)10-6-4-3-5-7-10;10-6-4(8(13)14)1-3(7(11)12)2-5(6)9(15)16/h3-7,11H,8-9H2,1-2H3;1-2,10H. The molecule has 1 fully saturated rings. The number of likely N-dealkylation sites (N-methyl/N-ethyl adjacent to an activating group) is 1. The van der Waals surface area contributed by atoms with Crippen molar-refractivity contribution in [3.05, 3.63) is 72.8 Å². The van der Waals surface area contributed by atoms with Crippen LogP contribution in [0.25, 0.3) is 0 Å². The van der Waals surface area contributed by atoms with E-state index >= 15 is 0 Å². The van der Waals surface area contributed by atoms with Crippen molar-refractivity contribution < 1.29 is 24.7 Å². The van der Waals surface area contributed by atoms with E-state index in [2.05, 4.69) is 0 Å². The average molecular weight is 433 g/mol. The summed E-state index contributed by atoms with van der Waals surface area (Å²) in [5.41, 5.74) is -2.00. The molecule has 1 atom stereocenters. The highest BCUT2D eigenvalue weighted by Gasteiger charge is 2.33. The van der Waals surface area contributed by atoms with Gasteiger partial charge in [-0.25, -0.2) is 0 Å². The lowest BCUT2D eigenvalue weighted by Crippen LogP contribution is -2.37. The number of carbonyl (C=O) groups excluding carboxylic acids is 1. The van der Waals surface area contributed by atoms with Crippen LogP contribution in [-0.4, -0.2) is 57.4 Å². The fraction of sp³-hybridized carbons (Fsp3) is 0.278. The van der Waals surface area contributed by atoms with Gasteiger partial charge in [-0.15, -0.1) is 0 Å². The number of rotatable bonds is 5. The summed E-state index contributed by atoms with van der Waals surface area (Å²) in [4.78, 5) is 43.7. The molecule has 0 spiro atoms. The number of carbonyl (C=O) groups is 1. The first-order valence-electron chi connectivity index (χ1n) is 8.87. The second-order valence-electron chi connectivity index (χ2n) is 6.70. The van der Waals surface area contributed by atoms with Crippen LogP contribution in [0.5, 0.6) is 5.75 Å². The van der Waals surface area contributed by atoms with E-state index in [1.54, 1.807) is 0 Å². The number of amides is 1. The number of hydrogen-bond donors (Lipinski definition) is 1. The second kappa shape index (κ2) is 9.58. The van der Waals surface area contributed by atoms with E-state index in [0.29, 0.717) is 12.1 Å². The molecule has 0 saturated carbocycles. The van der Waals surface area contributed by atoms with Gasteiger partial charge in [0.25, 0.3) is 11.4 Å². The lowest BCUT2D eigenvalue weighted by molar-refractivity contribution is -0.404. The van der Waals surface area contributed by atoms with Gasteiger partial charge < -0.3 is 10.0 Å². The Bertz CT molecular complexity index is 976. The Kier molecular flexibility index (Phi) is 7.15. The predicted octanol–water partition coefficient (Wildman–Crippen LogP) is 2.47. The number of nitro benzene ring substituents is 3. The van der Waals surface area contributed by atoms with Crippen LogP contribution in [0.3, 0.4) is 0 Å². The Balaban J connectivity index is 0.000000220. The van der Waals surface area contributed by atoms with Crippen molar-refractivity contribution in [1.29, 1.82) is 0 Å². The Morgan fingerprint density at radius 1 is 0.968 bits per heavy atom. The molecule has 13 nitrogen and oxygen atoms in total. The molecule has 1 N–H and O–H groups in total. The molecule has 3 rings (SSSR count). The van der Waals surface area contributed by atoms with Crippen molar-refractivity contribution in [2.75, 3.05) is 25.5 Å². The maximum Gasteiger partial charge on any atom is 0.324 e. The molecule has 1 unspecified atom stereocenters. The van der Waals surface area contributed by atoms with E-state index in [1.165, 1.54) is 0 Å². The van der Waals surface area contributed by atoms with Gasteiger partial charge in [-0.05, 0) is 32.6 Å². The molecule has 0 aromatic heterocycles. The van der Waals surface area contributed by atoms with E-state index in [-0.39, 0.29) is 11.9 Å². The zero-order valence-corrected chi connectivity index (χ0v) is 16.6. The van der Waals surface area contributed by atoms with E-state index in [4.69, 9.17) is 5.11 Å². The lowest BCUT2D eigenvalue weighted by atomic mass is 10.2. The summed E-state index contributed by atoms with van der Waals surface area (Å²) in [6, 6.07) is 10.8. The average Bonchev–Trinajstić information content (AvgIpc) is 3.10. The van der Waals surface area contributed by atoms with Crippen molar-refractivity contribution in [3.63, 3.8) is 0 Å². The molecule has 1 heterocycles. The fourth-order valence-corrected chi connectivity index (χ4v) is 2.98. The number of hydrogen-bond acceptors (Lipinski definition) is 9. The summed E-state index contributed by atoms with van der Waals surface area (Å²) in [7, 11) is 3.91. The summed E-state index contributed by atoms with van der Waals surface area (Å²) < 4.78 is 0. The number of phenolic OH excluding ortho intramolecular Hbond substituents is 1.